The number of hydrogen-bond acceptors (Lipinski definition) is 5. The van der Waals surface area contributed by atoms with Crippen LogP contribution in [0, 0.1) is 13.8 Å². The van der Waals surface area contributed by atoms with E-state index in [-0.39, 0.29) is 16.6 Å². The summed E-state index contributed by atoms with van der Waals surface area (Å²) in [5, 5.41) is 5.51. The molecule has 3 aromatic rings. The molecule has 172 valence electrons. The van der Waals surface area contributed by atoms with Gasteiger partial charge in [0.25, 0.3) is 17.7 Å². The number of para-hydroxylation sites is 2. The SMILES string of the molecule is COc1ccccc1NC(=O)c1cccc(NC2=C(Cl)C(=O)N(c3cc(C)ccc3C)C2=O)c1. The molecule has 4 rings (SSSR count). The van der Waals surface area contributed by atoms with E-state index < -0.39 is 11.8 Å². The van der Waals surface area contributed by atoms with Gasteiger partial charge in [0, 0.05) is 11.3 Å². The van der Waals surface area contributed by atoms with E-state index in [0.717, 1.165) is 16.0 Å². The van der Waals surface area contributed by atoms with E-state index in [4.69, 9.17) is 16.3 Å². The summed E-state index contributed by atoms with van der Waals surface area (Å²) in [5.41, 5.74) is 3.42. The number of anilines is 3. The highest BCUT2D eigenvalue weighted by atomic mass is 35.5. The first-order valence-corrected chi connectivity index (χ1v) is 10.8. The molecule has 0 saturated heterocycles. The maximum absolute atomic E-state index is 13.1. The second-order valence-electron chi connectivity index (χ2n) is 7.78. The van der Waals surface area contributed by atoms with E-state index in [1.54, 1.807) is 54.6 Å². The van der Waals surface area contributed by atoms with Crippen molar-refractivity contribution in [1.82, 2.24) is 0 Å². The molecule has 0 radical (unpaired) electrons. The molecule has 0 atom stereocenters. The lowest BCUT2D eigenvalue weighted by molar-refractivity contribution is -0.120. The maximum Gasteiger partial charge on any atom is 0.283 e. The van der Waals surface area contributed by atoms with E-state index in [0.29, 0.717) is 28.4 Å². The second kappa shape index (κ2) is 9.41. The number of methoxy groups -OCH3 is 1. The number of carbonyl (C=O) groups excluding carboxylic acids is 3. The van der Waals surface area contributed by atoms with Gasteiger partial charge in [-0.25, -0.2) is 4.90 Å². The lowest BCUT2D eigenvalue weighted by atomic mass is 10.1. The molecule has 0 aliphatic carbocycles. The zero-order valence-electron chi connectivity index (χ0n) is 18.8. The van der Waals surface area contributed by atoms with Gasteiger partial charge in [-0.3, -0.25) is 14.4 Å². The van der Waals surface area contributed by atoms with Gasteiger partial charge in [-0.05, 0) is 61.4 Å². The number of carbonyl (C=O) groups is 3. The number of rotatable bonds is 6. The molecule has 3 amide bonds. The molecule has 0 bridgehead atoms. The molecule has 1 heterocycles. The number of nitrogens with zero attached hydrogens (tertiary/aromatic N) is 1. The van der Waals surface area contributed by atoms with Crippen LogP contribution in [0.2, 0.25) is 0 Å². The van der Waals surface area contributed by atoms with Crippen molar-refractivity contribution >= 4 is 46.4 Å². The standard InChI is InChI=1S/C26H22ClN3O4/c1-15-11-12-16(2)20(13-15)30-25(32)22(27)23(26(30)33)28-18-8-6-7-17(14-18)24(31)29-19-9-4-5-10-21(19)34-3/h4-14,28H,1-3H3,(H,29,31). The Morgan fingerprint density at radius 1 is 0.941 bits per heavy atom. The largest absolute Gasteiger partial charge is 0.495 e. The molecule has 7 nitrogen and oxygen atoms in total. The number of nitrogens with one attached hydrogen (secondary N) is 2. The molecular weight excluding hydrogens is 454 g/mol. The number of imide groups is 1. The summed E-state index contributed by atoms with van der Waals surface area (Å²) in [6.07, 6.45) is 0. The summed E-state index contributed by atoms with van der Waals surface area (Å²) in [5.74, 6) is -0.997. The average molecular weight is 476 g/mol. The first-order valence-electron chi connectivity index (χ1n) is 10.5. The molecule has 0 saturated carbocycles. The maximum atomic E-state index is 13.1. The molecule has 8 heteroatoms. The third kappa shape index (κ3) is 4.38. The van der Waals surface area contributed by atoms with Gasteiger partial charge in [0.15, 0.2) is 0 Å². The van der Waals surface area contributed by atoms with E-state index in [1.165, 1.54) is 7.11 Å². The van der Waals surface area contributed by atoms with Gasteiger partial charge in [0.05, 0.1) is 18.5 Å². The number of amides is 3. The van der Waals surface area contributed by atoms with Gasteiger partial charge in [-0.1, -0.05) is 41.9 Å². The Hall–Kier alpha value is -4.10. The summed E-state index contributed by atoms with van der Waals surface area (Å²) in [6.45, 7) is 3.70. The van der Waals surface area contributed by atoms with Crippen molar-refractivity contribution in [2.24, 2.45) is 0 Å². The van der Waals surface area contributed by atoms with Crippen LogP contribution in [0.3, 0.4) is 0 Å². The van der Waals surface area contributed by atoms with Crippen molar-refractivity contribution in [3.8, 4) is 5.75 Å². The number of ether oxygens (including phenoxy) is 1. The normalized spacial score (nSPS) is 13.4. The van der Waals surface area contributed by atoms with Crippen LogP contribution in [-0.2, 0) is 9.59 Å². The monoisotopic (exact) mass is 475 g/mol. The minimum Gasteiger partial charge on any atom is -0.495 e. The molecule has 3 aromatic carbocycles. The molecular formula is C26H22ClN3O4. The van der Waals surface area contributed by atoms with Gasteiger partial charge < -0.3 is 15.4 Å². The van der Waals surface area contributed by atoms with Crippen LogP contribution in [0.5, 0.6) is 5.75 Å². The Labute approximate surface area is 202 Å². The molecule has 1 aliphatic rings. The van der Waals surface area contributed by atoms with Crippen molar-refractivity contribution in [3.05, 3.63) is 94.1 Å². The fraction of sp³-hybridized carbons (Fsp3) is 0.115. The van der Waals surface area contributed by atoms with Crippen LogP contribution < -0.4 is 20.3 Å². The first kappa shape index (κ1) is 23.1. The molecule has 34 heavy (non-hydrogen) atoms. The Kier molecular flexibility index (Phi) is 6.38. The predicted octanol–water partition coefficient (Wildman–Crippen LogP) is 5.00. The van der Waals surface area contributed by atoms with Gasteiger partial charge in [-0.2, -0.15) is 0 Å². The lowest BCUT2D eigenvalue weighted by Crippen LogP contribution is -2.33. The van der Waals surface area contributed by atoms with E-state index in [1.807, 2.05) is 26.0 Å². The van der Waals surface area contributed by atoms with Crippen LogP contribution in [0.15, 0.2) is 77.5 Å². The number of halogens is 1. The molecule has 1 aliphatic heterocycles. The zero-order chi connectivity index (χ0) is 24.4. The van der Waals surface area contributed by atoms with Crippen LogP contribution in [0.1, 0.15) is 21.5 Å². The van der Waals surface area contributed by atoms with Crippen molar-refractivity contribution < 1.29 is 19.1 Å². The third-order valence-electron chi connectivity index (χ3n) is 5.38. The summed E-state index contributed by atoms with van der Waals surface area (Å²) in [7, 11) is 1.52. The summed E-state index contributed by atoms with van der Waals surface area (Å²) in [6, 6.07) is 19.1. The highest BCUT2D eigenvalue weighted by Gasteiger charge is 2.39. The molecule has 2 N–H and O–H groups in total. The first-order chi connectivity index (χ1) is 16.3. The van der Waals surface area contributed by atoms with E-state index >= 15 is 0 Å². The Morgan fingerprint density at radius 3 is 2.47 bits per heavy atom. The number of aryl methyl sites for hydroxylation is 2. The Balaban J connectivity index is 1.57. The van der Waals surface area contributed by atoms with Crippen molar-refractivity contribution in [1.29, 1.82) is 0 Å². The van der Waals surface area contributed by atoms with Gasteiger partial charge in [0.2, 0.25) is 0 Å². The average Bonchev–Trinajstić information content (AvgIpc) is 3.04. The smallest absolute Gasteiger partial charge is 0.283 e. The zero-order valence-corrected chi connectivity index (χ0v) is 19.6. The minimum absolute atomic E-state index is 0.0464. The van der Waals surface area contributed by atoms with Gasteiger partial charge in [-0.15, -0.1) is 0 Å². The van der Waals surface area contributed by atoms with Crippen LogP contribution in [0.25, 0.3) is 0 Å². The lowest BCUT2D eigenvalue weighted by Gasteiger charge is -2.18. The number of benzene rings is 3. The van der Waals surface area contributed by atoms with Crippen LogP contribution in [-0.4, -0.2) is 24.8 Å². The van der Waals surface area contributed by atoms with Crippen LogP contribution >= 0.6 is 11.6 Å². The van der Waals surface area contributed by atoms with Crippen LogP contribution in [0.4, 0.5) is 17.1 Å². The second-order valence-corrected chi connectivity index (χ2v) is 8.16. The highest BCUT2D eigenvalue weighted by molar-refractivity contribution is 6.53. The quantitative estimate of drug-likeness (QED) is 0.490. The molecule has 0 unspecified atom stereocenters. The van der Waals surface area contributed by atoms with Crippen molar-refractivity contribution in [3.63, 3.8) is 0 Å². The fourth-order valence-electron chi connectivity index (χ4n) is 3.62. The Bertz CT molecular complexity index is 1350. The van der Waals surface area contributed by atoms with Crippen molar-refractivity contribution in [2.45, 2.75) is 13.8 Å². The molecule has 0 spiro atoms. The van der Waals surface area contributed by atoms with E-state index in [9.17, 15) is 14.4 Å². The predicted molar refractivity (Wildman–Crippen MR) is 132 cm³/mol. The molecule has 0 aromatic heterocycles. The van der Waals surface area contributed by atoms with Gasteiger partial charge >= 0.3 is 0 Å². The summed E-state index contributed by atoms with van der Waals surface area (Å²) in [4.78, 5) is 39.8. The fourth-order valence-corrected chi connectivity index (χ4v) is 3.83. The van der Waals surface area contributed by atoms with E-state index in [2.05, 4.69) is 10.6 Å². The molecule has 0 fully saturated rings. The third-order valence-corrected chi connectivity index (χ3v) is 5.73. The Morgan fingerprint density at radius 2 is 1.71 bits per heavy atom. The number of hydrogen-bond donors (Lipinski definition) is 2. The topological polar surface area (TPSA) is 87.7 Å². The minimum atomic E-state index is -0.604. The summed E-state index contributed by atoms with van der Waals surface area (Å²) >= 11 is 6.27. The van der Waals surface area contributed by atoms with Gasteiger partial charge in [0.1, 0.15) is 16.5 Å². The van der Waals surface area contributed by atoms with Crippen molar-refractivity contribution in [2.75, 3.05) is 22.6 Å². The highest BCUT2D eigenvalue weighted by Crippen LogP contribution is 2.32. The summed E-state index contributed by atoms with van der Waals surface area (Å²) < 4.78 is 5.27.